The number of aryl methyl sites for hydroxylation is 1. The number of nitrogen functional groups attached to an aromatic ring is 1. The molecule has 0 bridgehead atoms. The first-order valence-electron chi connectivity index (χ1n) is 10.4. The number of anilines is 2. The number of rotatable bonds is 5. The molecule has 2 unspecified atom stereocenters. The Morgan fingerprint density at radius 3 is 2.87 bits per heavy atom. The SMILES string of the molecule is Cc1cc(N2CCCOCC2c2ccc(OCC3(C)CCOC3)cc2Cl)nc(N)n1. The summed E-state index contributed by atoms with van der Waals surface area (Å²) in [7, 11) is 0. The van der Waals surface area contributed by atoms with E-state index in [4.69, 9.17) is 31.5 Å². The zero-order chi connectivity index (χ0) is 21.1. The second-order valence-electron chi connectivity index (χ2n) is 8.45. The van der Waals surface area contributed by atoms with E-state index >= 15 is 0 Å². The van der Waals surface area contributed by atoms with Crippen LogP contribution < -0.4 is 15.4 Å². The van der Waals surface area contributed by atoms with E-state index < -0.39 is 0 Å². The zero-order valence-electron chi connectivity index (χ0n) is 17.6. The summed E-state index contributed by atoms with van der Waals surface area (Å²) in [6.07, 6.45) is 1.91. The van der Waals surface area contributed by atoms with Gasteiger partial charge in [-0.3, -0.25) is 0 Å². The van der Waals surface area contributed by atoms with Gasteiger partial charge in [-0.25, -0.2) is 4.98 Å². The van der Waals surface area contributed by atoms with E-state index in [0.29, 0.717) is 24.8 Å². The number of hydrogen-bond donors (Lipinski definition) is 1. The summed E-state index contributed by atoms with van der Waals surface area (Å²) in [4.78, 5) is 10.9. The molecule has 1 aromatic heterocycles. The number of nitrogens with two attached hydrogens (primary N) is 1. The quantitative estimate of drug-likeness (QED) is 0.769. The first-order chi connectivity index (χ1) is 14.4. The van der Waals surface area contributed by atoms with E-state index in [-0.39, 0.29) is 17.4 Å². The molecule has 7 nitrogen and oxygen atoms in total. The van der Waals surface area contributed by atoms with Gasteiger partial charge in [-0.05, 0) is 37.5 Å². The summed E-state index contributed by atoms with van der Waals surface area (Å²) in [5, 5.41) is 0.652. The Bertz CT molecular complexity index is 868. The summed E-state index contributed by atoms with van der Waals surface area (Å²) in [6, 6.07) is 7.77. The maximum atomic E-state index is 6.72. The van der Waals surface area contributed by atoms with Crippen molar-refractivity contribution in [1.82, 2.24) is 9.97 Å². The van der Waals surface area contributed by atoms with Crippen LogP contribution in [0, 0.1) is 12.3 Å². The van der Waals surface area contributed by atoms with E-state index in [1.54, 1.807) is 0 Å². The molecule has 2 saturated heterocycles. The Kier molecular flexibility index (Phi) is 6.32. The van der Waals surface area contributed by atoms with Crippen molar-refractivity contribution < 1.29 is 14.2 Å². The van der Waals surface area contributed by atoms with Crippen molar-refractivity contribution in [3.8, 4) is 5.75 Å². The Morgan fingerprint density at radius 1 is 1.27 bits per heavy atom. The van der Waals surface area contributed by atoms with Crippen molar-refractivity contribution in [3.05, 3.63) is 40.5 Å². The normalized spacial score (nSPS) is 24.6. The topological polar surface area (TPSA) is 82.7 Å². The summed E-state index contributed by atoms with van der Waals surface area (Å²) in [5.41, 5.74) is 7.78. The number of aromatic nitrogens is 2. The number of benzene rings is 1. The van der Waals surface area contributed by atoms with Gasteiger partial charge in [0.05, 0.1) is 25.9 Å². The third-order valence-corrected chi connectivity index (χ3v) is 6.04. The largest absolute Gasteiger partial charge is 0.493 e. The van der Waals surface area contributed by atoms with Crippen LogP contribution in [0.25, 0.3) is 0 Å². The molecule has 0 amide bonds. The Labute approximate surface area is 182 Å². The van der Waals surface area contributed by atoms with Crippen LogP contribution in [0.15, 0.2) is 24.3 Å². The van der Waals surface area contributed by atoms with Gasteiger partial charge in [-0.1, -0.05) is 24.6 Å². The van der Waals surface area contributed by atoms with Crippen LogP contribution in [-0.2, 0) is 9.47 Å². The van der Waals surface area contributed by atoms with Gasteiger partial charge in [0.25, 0.3) is 0 Å². The van der Waals surface area contributed by atoms with Crippen molar-refractivity contribution in [1.29, 1.82) is 0 Å². The zero-order valence-corrected chi connectivity index (χ0v) is 18.3. The molecule has 3 heterocycles. The highest BCUT2D eigenvalue weighted by molar-refractivity contribution is 6.31. The van der Waals surface area contributed by atoms with Crippen LogP contribution in [0.2, 0.25) is 5.02 Å². The minimum Gasteiger partial charge on any atom is -0.493 e. The van der Waals surface area contributed by atoms with Gasteiger partial charge < -0.3 is 24.8 Å². The molecular weight excluding hydrogens is 404 g/mol. The number of ether oxygens (including phenoxy) is 3. The molecule has 30 heavy (non-hydrogen) atoms. The van der Waals surface area contributed by atoms with Crippen molar-refractivity contribution in [2.75, 3.05) is 50.2 Å². The standard InChI is InChI=1S/C22H29ClN4O3/c1-15-10-20(26-21(24)25-15)27-7-3-8-28-12-19(27)17-5-4-16(11-18(17)23)30-14-22(2)6-9-29-13-22/h4-5,10-11,19H,3,6-9,12-14H2,1-2H3,(H2,24,25,26). The Hall–Kier alpha value is -2.09. The highest BCUT2D eigenvalue weighted by Gasteiger charge is 2.31. The third-order valence-electron chi connectivity index (χ3n) is 5.71. The van der Waals surface area contributed by atoms with Crippen molar-refractivity contribution in [2.24, 2.45) is 5.41 Å². The van der Waals surface area contributed by atoms with E-state index in [2.05, 4.69) is 21.8 Å². The molecule has 0 radical (unpaired) electrons. The summed E-state index contributed by atoms with van der Waals surface area (Å²) in [6.45, 7) is 8.27. The van der Waals surface area contributed by atoms with Crippen LogP contribution >= 0.6 is 11.6 Å². The molecule has 0 aliphatic carbocycles. The Morgan fingerprint density at radius 2 is 2.13 bits per heavy atom. The predicted molar refractivity (Wildman–Crippen MR) is 117 cm³/mol. The lowest BCUT2D eigenvalue weighted by Crippen LogP contribution is -2.32. The molecule has 2 aromatic rings. The molecule has 0 spiro atoms. The highest BCUT2D eigenvalue weighted by atomic mass is 35.5. The average Bonchev–Trinajstić information content (AvgIpc) is 2.99. The van der Waals surface area contributed by atoms with E-state index in [1.165, 1.54) is 0 Å². The summed E-state index contributed by atoms with van der Waals surface area (Å²) in [5.74, 6) is 1.83. The monoisotopic (exact) mass is 432 g/mol. The fraction of sp³-hybridized carbons (Fsp3) is 0.545. The molecule has 1 aromatic carbocycles. The number of nitrogens with zero attached hydrogens (tertiary/aromatic N) is 3. The van der Waals surface area contributed by atoms with E-state index in [0.717, 1.165) is 55.4 Å². The molecule has 2 aliphatic rings. The minimum absolute atomic E-state index is 0.0574. The minimum atomic E-state index is -0.0662. The van der Waals surface area contributed by atoms with Gasteiger partial charge in [-0.15, -0.1) is 0 Å². The highest BCUT2D eigenvalue weighted by Crippen LogP contribution is 2.36. The van der Waals surface area contributed by atoms with Gasteiger partial charge in [0.1, 0.15) is 11.6 Å². The van der Waals surface area contributed by atoms with Crippen LogP contribution in [0.1, 0.15) is 37.1 Å². The molecule has 2 atom stereocenters. The molecular formula is C22H29ClN4O3. The van der Waals surface area contributed by atoms with Crippen LogP contribution in [0.4, 0.5) is 11.8 Å². The van der Waals surface area contributed by atoms with Crippen molar-refractivity contribution in [2.45, 2.75) is 32.7 Å². The van der Waals surface area contributed by atoms with Gasteiger partial charge in [0, 0.05) is 42.0 Å². The molecule has 2 N–H and O–H groups in total. The molecule has 4 rings (SSSR count). The van der Waals surface area contributed by atoms with Gasteiger partial charge in [0.2, 0.25) is 5.95 Å². The van der Waals surface area contributed by atoms with Gasteiger partial charge in [-0.2, -0.15) is 4.98 Å². The molecule has 2 aliphatic heterocycles. The lowest BCUT2D eigenvalue weighted by Gasteiger charge is -2.31. The summed E-state index contributed by atoms with van der Waals surface area (Å²) >= 11 is 6.72. The smallest absolute Gasteiger partial charge is 0.222 e. The summed E-state index contributed by atoms with van der Waals surface area (Å²) < 4.78 is 17.4. The second-order valence-corrected chi connectivity index (χ2v) is 8.86. The van der Waals surface area contributed by atoms with E-state index in [9.17, 15) is 0 Å². The Balaban J connectivity index is 1.56. The molecule has 162 valence electrons. The van der Waals surface area contributed by atoms with Gasteiger partial charge in [0.15, 0.2) is 0 Å². The van der Waals surface area contributed by atoms with Crippen LogP contribution in [0.5, 0.6) is 5.75 Å². The maximum absolute atomic E-state index is 6.72. The third kappa shape index (κ3) is 4.79. The average molecular weight is 433 g/mol. The fourth-order valence-electron chi connectivity index (χ4n) is 3.98. The van der Waals surface area contributed by atoms with Crippen molar-refractivity contribution in [3.63, 3.8) is 0 Å². The van der Waals surface area contributed by atoms with E-state index in [1.807, 2.05) is 31.2 Å². The first kappa shape index (κ1) is 21.2. The fourth-order valence-corrected chi connectivity index (χ4v) is 4.28. The molecule has 8 heteroatoms. The number of hydrogen-bond acceptors (Lipinski definition) is 7. The van der Waals surface area contributed by atoms with Gasteiger partial charge >= 0.3 is 0 Å². The molecule has 0 saturated carbocycles. The molecule has 2 fully saturated rings. The lowest BCUT2D eigenvalue weighted by atomic mass is 9.91. The van der Waals surface area contributed by atoms with Crippen molar-refractivity contribution >= 4 is 23.4 Å². The second kappa shape index (κ2) is 8.96. The van der Waals surface area contributed by atoms with Crippen LogP contribution in [-0.4, -0.2) is 49.5 Å². The lowest BCUT2D eigenvalue weighted by molar-refractivity contribution is 0.118. The number of halogens is 1. The first-order valence-corrected chi connectivity index (χ1v) is 10.8. The van der Waals surface area contributed by atoms with Crippen LogP contribution in [0.3, 0.4) is 0 Å². The maximum Gasteiger partial charge on any atom is 0.222 e. The predicted octanol–water partition coefficient (Wildman–Crippen LogP) is 3.79.